The smallest absolute Gasteiger partial charge is 0.307 e. The third kappa shape index (κ3) is 2.68. The van der Waals surface area contributed by atoms with Gasteiger partial charge in [-0.1, -0.05) is 15.9 Å². The molecule has 0 saturated carbocycles. The molecule has 1 heterocycles. The van der Waals surface area contributed by atoms with Gasteiger partial charge in [-0.25, -0.2) is 4.63 Å². The summed E-state index contributed by atoms with van der Waals surface area (Å²) >= 11 is 3.28. The summed E-state index contributed by atoms with van der Waals surface area (Å²) in [5.41, 5.74) is -0.792. The Morgan fingerprint density at radius 1 is 1.00 bits per heavy atom. The van der Waals surface area contributed by atoms with Gasteiger partial charge in [0.1, 0.15) is 5.69 Å². The Labute approximate surface area is 135 Å². The third-order valence-corrected chi connectivity index (χ3v) is 3.53. The van der Waals surface area contributed by atoms with Gasteiger partial charge in [0, 0.05) is 10.2 Å². The van der Waals surface area contributed by atoms with Crippen molar-refractivity contribution >= 4 is 49.7 Å². The van der Waals surface area contributed by atoms with E-state index in [-0.39, 0.29) is 16.7 Å². The van der Waals surface area contributed by atoms with Crippen LogP contribution in [0.3, 0.4) is 0 Å². The second-order valence-corrected chi connectivity index (χ2v) is 5.31. The number of benzene rings is 2. The van der Waals surface area contributed by atoms with Crippen LogP contribution in [-0.2, 0) is 0 Å². The maximum Gasteiger partial charge on any atom is 0.307 e. The van der Waals surface area contributed by atoms with E-state index in [0.29, 0.717) is 5.69 Å². The van der Waals surface area contributed by atoms with Crippen molar-refractivity contribution in [2.45, 2.75) is 0 Å². The highest BCUT2D eigenvalue weighted by Gasteiger charge is 2.29. The minimum atomic E-state index is -0.775. The zero-order valence-electron chi connectivity index (χ0n) is 11.1. The van der Waals surface area contributed by atoms with Crippen LogP contribution in [0.25, 0.3) is 11.0 Å². The van der Waals surface area contributed by atoms with E-state index in [9.17, 15) is 20.2 Å². The molecule has 23 heavy (non-hydrogen) atoms. The van der Waals surface area contributed by atoms with Gasteiger partial charge in [-0.05, 0) is 34.6 Å². The van der Waals surface area contributed by atoms with Gasteiger partial charge in [0.2, 0.25) is 5.52 Å². The van der Waals surface area contributed by atoms with Crippen molar-refractivity contribution in [3.05, 3.63) is 55.0 Å². The Morgan fingerprint density at radius 3 is 2.22 bits per heavy atom. The average Bonchev–Trinajstić information content (AvgIpc) is 2.98. The Hall–Kier alpha value is -3.08. The second kappa shape index (κ2) is 5.61. The van der Waals surface area contributed by atoms with Gasteiger partial charge in [0.15, 0.2) is 5.52 Å². The van der Waals surface area contributed by atoms with Crippen molar-refractivity contribution in [2.24, 2.45) is 0 Å². The first-order valence-electron chi connectivity index (χ1n) is 6.08. The van der Waals surface area contributed by atoms with Crippen LogP contribution in [0.5, 0.6) is 0 Å². The quantitative estimate of drug-likeness (QED) is 0.536. The molecule has 2 aromatic carbocycles. The number of nitrogens with one attached hydrogen (secondary N) is 1. The SMILES string of the molecule is O=[N+]([O-])c1cc([N+](=O)[O-])c2nonc2c1Nc1ccc(Br)cc1. The van der Waals surface area contributed by atoms with Gasteiger partial charge < -0.3 is 5.32 Å². The van der Waals surface area contributed by atoms with Crippen LogP contribution in [-0.4, -0.2) is 20.2 Å². The van der Waals surface area contributed by atoms with E-state index in [1.807, 2.05) is 0 Å². The van der Waals surface area contributed by atoms with Gasteiger partial charge in [0.25, 0.3) is 0 Å². The summed E-state index contributed by atoms with van der Waals surface area (Å²) < 4.78 is 5.34. The molecule has 10 nitrogen and oxygen atoms in total. The molecule has 0 saturated heterocycles. The Balaban J connectivity index is 2.22. The highest BCUT2D eigenvalue weighted by Crippen LogP contribution is 2.39. The Kier molecular flexibility index (Phi) is 3.62. The van der Waals surface area contributed by atoms with Crippen LogP contribution in [0.2, 0.25) is 0 Å². The molecule has 0 atom stereocenters. The summed E-state index contributed by atoms with van der Waals surface area (Å²) in [7, 11) is 0. The van der Waals surface area contributed by atoms with Crippen LogP contribution in [0.4, 0.5) is 22.7 Å². The van der Waals surface area contributed by atoms with Crippen LogP contribution < -0.4 is 5.32 Å². The summed E-state index contributed by atoms with van der Waals surface area (Å²) in [6.07, 6.45) is 0. The van der Waals surface area contributed by atoms with Gasteiger partial charge in [-0.3, -0.25) is 20.2 Å². The molecule has 0 amide bonds. The van der Waals surface area contributed by atoms with Crippen LogP contribution in [0, 0.1) is 20.2 Å². The first-order chi connectivity index (χ1) is 11.0. The number of anilines is 2. The van der Waals surface area contributed by atoms with Crippen LogP contribution in [0.15, 0.2) is 39.4 Å². The monoisotopic (exact) mass is 379 g/mol. The molecular formula is C12H6BrN5O5. The molecule has 0 radical (unpaired) electrons. The van der Waals surface area contributed by atoms with Crippen molar-refractivity contribution in [2.75, 3.05) is 5.32 Å². The first-order valence-corrected chi connectivity index (χ1v) is 6.87. The predicted molar refractivity (Wildman–Crippen MR) is 82.5 cm³/mol. The summed E-state index contributed by atoms with van der Waals surface area (Å²) in [6, 6.07) is 7.65. The van der Waals surface area contributed by atoms with Crippen molar-refractivity contribution in [1.29, 1.82) is 0 Å². The molecule has 0 bridgehead atoms. The summed E-state index contributed by atoms with van der Waals surface area (Å²) in [5.74, 6) is 0. The minimum Gasteiger partial charge on any atom is -0.348 e. The molecule has 3 aromatic rings. The number of nitro benzene ring substituents is 2. The molecule has 0 aliphatic heterocycles. The van der Waals surface area contributed by atoms with Crippen molar-refractivity contribution < 1.29 is 14.5 Å². The lowest BCUT2D eigenvalue weighted by Gasteiger charge is -2.07. The molecule has 0 aliphatic carbocycles. The van der Waals surface area contributed by atoms with Gasteiger partial charge in [-0.2, -0.15) is 0 Å². The van der Waals surface area contributed by atoms with Crippen molar-refractivity contribution in [1.82, 2.24) is 10.3 Å². The number of rotatable bonds is 4. The number of hydrogen-bond donors (Lipinski definition) is 1. The van der Waals surface area contributed by atoms with E-state index in [4.69, 9.17) is 0 Å². The molecule has 0 aliphatic rings. The lowest BCUT2D eigenvalue weighted by atomic mass is 10.2. The number of fused-ring (bicyclic) bond motifs is 1. The van der Waals surface area contributed by atoms with Gasteiger partial charge in [0.05, 0.1) is 15.9 Å². The minimum absolute atomic E-state index is 0.0285. The number of nitrogens with zero attached hydrogens (tertiary/aromatic N) is 4. The van der Waals surface area contributed by atoms with Gasteiger partial charge in [-0.15, -0.1) is 0 Å². The van der Waals surface area contributed by atoms with Crippen LogP contribution >= 0.6 is 15.9 Å². The number of nitro groups is 2. The van der Waals surface area contributed by atoms with Crippen LogP contribution in [0.1, 0.15) is 0 Å². The van der Waals surface area contributed by atoms with E-state index < -0.39 is 21.2 Å². The average molecular weight is 380 g/mol. The molecule has 1 aromatic heterocycles. The van der Waals surface area contributed by atoms with Crippen molar-refractivity contribution in [3.8, 4) is 0 Å². The predicted octanol–water partition coefficient (Wildman–Crippen LogP) is 3.55. The first kappa shape index (κ1) is 14.8. The lowest BCUT2D eigenvalue weighted by molar-refractivity contribution is -0.392. The molecule has 0 fully saturated rings. The normalized spacial score (nSPS) is 10.7. The highest BCUT2D eigenvalue weighted by atomic mass is 79.9. The highest BCUT2D eigenvalue weighted by molar-refractivity contribution is 9.10. The molecule has 11 heteroatoms. The van der Waals surface area contributed by atoms with E-state index in [2.05, 4.69) is 36.2 Å². The fourth-order valence-electron chi connectivity index (χ4n) is 2.00. The zero-order chi connectivity index (χ0) is 16.6. The topological polar surface area (TPSA) is 137 Å². The van der Waals surface area contributed by atoms with E-state index in [1.165, 1.54) is 0 Å². The zero-order valence-corrected chi connectivity index (χ0v) is 12.7. The van der Waals surface area contributed by atoms with Gasteiger partial charge >= 0.3 is 11.4 Å². The largest absolute Gasteiger partial charge is 0.348 e. The molecule has 116 valence electrons. The molecular weight excluding hydrogens is 374 g/mol. The Morgan fingerprint density at radius 2 is 1.61 bits per heavy atom. The fraction of sp³-hybridized carbons (Fsp3) is 0. The Bertz CT molecular complexity index is 923. The maximum atomic E-state index is 11.3. The van der Waals surface area contributed by atoms with E-state index in [1.54, 1.807) is 24.3 Å². The number of aromatic nitrogens is 2. The third-order valence-electron chi connectivity index (χ3n) is 3.00. The lowest BCUT2D eigenvalue weighted by Crippen LogP contribution is -2.00. The molecule has 0 unspecified atom stereocenters. The van der Waals surface area contributed by atoms with E-state index >= 15 is 0 Å². The second-order valence-electron chi connectivity index (χ2n) is 4.40. The summed E-state index contributed by atoms with van der Waals surface area (Å²) in [5, 5.41) is 32.1. The molecule has 3 rings (SSSR count). The fourth-order valence-corrected chi connectivity index (χ4v) is 2.26. The standard InChI is InChI=1S/C12H6BrN5O5/c13-6-1-3-7(4-2-6)14-10-8(17(19)20)5-9(18(21)22)11-12(10)16-23-15-11/h1-5,14H. The number of hydrogen-bond acceptors (Lipinski definition) is 8. The number of non-ortho nitro benzene ring substituents is 1. The molecule has 1 N–H and O–H groups in total. The van der Waals surface area contributed by atoms with E-state index in [0.717, 1.165) is 10.5 Å². The summed E-state index contributed by atoms with van der Waals surface area (Å²) in [6.45, 7) is 0. The maximum absolute atomic E-state index is 11.3. The number of halogens is 1. The van der Waals surface area contributed by atoms with Crippen molar-refractivity contribution in [3.63, 3.8) is 0 Å². The summed E-state index contributed by atoms with van der Waals surface area (Å²) in [4.78, 5) is 20.8. The molecule has 0 spiro atoms.